The van der Waals surface area contributed by atoms with Crippen molar-refractivity contribution in [1.29, 1.82) is 0 Å². The zero-order valence-corrected chi connectivity index (χ0v) is 11.7. The fourth-order valence-corrected chi connectivity index (χ4v) is 2.52. The Morgan fingerprint density at radius 2 is 2.32 bits per heavy atom. The summed E-state index contributed by atoms with van der Waals surface area (Å²) in [5.41, 5.74) is 0. The van der Waals surface area contributed by atoms with E-state index in [1.54, 1.807) is 19.2 Å². The fraction of sp³-hybridized carbons (Fsp3) is 0.538. The van der Waals surface area contributed by atoms with Crippen LogP contribution in [0.4, 0.5) is 0 Å². The molecule has 0 spiro atoms. The summed E-state index contributed by atoms with van der Waals surface area (Å²) in [5.74, 6) is -0.0641. The highest BCUT2D eigenvalue weighted by molar-refractivity contribution is 7.12. The molecular formula is C13H18N2O3S. The lowest BCUT2D eigenvalue weighted by Crippen LogP contribution is -2.41. The molecule has 19 heavy (non-hydrogen) atoms. The Hall–Kier alpha value is -1.40. The maximum Gasteiger partial charge on any atom is 0.264 e. The number of nitrogens with one attached hydrogen (secondary N) is 1. The number of hydrogen-bond donors (Lipinski definition) is 2. The number of rotatable bonds is 6. The Kier molecular flexibility index (Phi) is 4.55. The van der Waals surface area contributed by atoms with Gasteiger partial charge in [0.2, 0.25) is 5.91 Å². The number of carbonyl (C=O) groups is 2. The summed E-state index contributed by atoms with van der Waals surface area (Å²) >= 11 is 1.35. The van der Waals surface area contributed by atoms with Gasteiger partial charge in [-0.1, -0.05) is 6.07 Å². The summed E-state index contributed by atoms with van der Waals surface area (Å²) in [4.78, 5) is 25.6. The van der Waals surface area contributed by atoms with Crippen molar-refractivity contribution in [3.05, 3.63) is 22.4 Å². The lowest BCUT2D eigenvalue weighted by Gasteiger charge is -2.17. The highest BCUT2D eigenvalue weighted by Crippen LogP contribution is 2.32. The smallest absolute Gasteiger partial charge is 0.264 e. The topological polar surface area (TPSA) is 69.6 Å². The van der Waals surface area contributed by atoms with Crippen LogP contribution in [0.5, 0.6) is 0 Å². The zero-order chi connectivity index (χ0) is 13.8. The molecule has 0 aromatic carbocycles. The first-order chi connectivity index (χ1) is 9.08. The number of aliphatic hydroxyl groups excluding tert-OH is 1. The van der Waals surface area contributed by atoms with Crippen LogP contribution in [0.25, 0.3) is 0 Å². The second-order valence-electron chi connectivity index (χ2n) is 4.85. The van der Waals surface area contributed by atoms with Crippen molar-refractivity contribution >= 4 is 23.2 Å². The van der Waals surface area contributed by atoms with E-state index in [-0.39, 0.29) is 24.9 Å². The summed E-state index contributed by atoms with van der Waals surface area (Å²) < 4.78 is 0. The minimum Gasteiger partial charge on any atom is -0.391 e. The zero-order valence-electron chi connectivity index (χ0n) is 10.8. The number of carbonyl (C=O) groups excluding carboxylic acids is 2. The van der Waals surface area contributed by atoms with E-state index in [0.717, 1.165) is 12.8 Å². The molecule has 2 amide bonds. The molecule has 2 rings (SSSR count). The average Bonchev–Trinajstić information content (AvgIpc) is 3.10. The monoisotopic (exact) mass is 282 g/mol. The van der Waals surface area contributed by atoms with E-state index in [9.17, 15) is 14.7 Å². The molecule has 1 heterocycles. The quantitative estimate of drug-likeness (QED) is 0.807. The molecule has 1 aliphatic carbocycles. The van der Waals surface area contributed by atoms with Crippen molar-refractivity contribution < 1.29 is 14.7 Å². The highest BCUT2D eigenvalue weighted by Gasteiger charge is 2.29. The van der Waals surface area contributed by atoms with E-state index in [0.29, 0.717) is 10.8 Å². The second kappa shape index (κ2) is 6.16. The van der Waals surface area contributed by atoms with E-state index >= 15 is 0 Å². The van der Waals surface area contributed by atoms with Crippen LogP contribution in [0.1, 0.15) is 22.5 Å². The van der Waals surface area contributed by atoms with Crippen molar-refractivity contribution in [3.8, 4) is 0 Å². The minimum atomic E-state index is -0.456. The fourth-order valence-electron chi connectivity index (χ4n) is 1.80. The van der Waals surface area contributed by atoms with Crippen LogP contribution in [0, 0.1) is 5.92 Å². The van der Waals surface area contributed by atoms with Crippen molar-refractivity contribution in [1.82, 2.24) is 10.2 Å². The van der Waals surface area contributed by atoms with Gasteiger partial charge in [0.1, 0.15) is 0 Å². The second-order valence-corrected chi connectivity index (χ2v) is 5.80. The van der Waals surface area contributed by atoms with Crippen LogP contribution >= 0.6 is 11.3 Å². The van der Waals surface area contributed by atoms with Gasteiger partial charge in [-0.2, -0.15) is 0 Å². The van der Waals surface area contributed by atoms with Gasteiger partial charge in [-0.15, -0.1) is 11.3 Å². The average molecular weight is 282 g/mol. The van der Waals surface area contributed by atoms with E-state index in [1.165, 1.54) is 16.2 Å². The molecule has 1 aliphatic rings. The van der Waals surface area contributed by atoms with Crippen molar-refractivity contribution in [2.75, 3.05) is 20.1 Å². The van der Waals surface area contributed by atoms with Crippen LogP contribution in [0.15, 0.2) is 17.5 Å². The number of aliphatic hydroxyl groups is 1. The summed E-state index contributed by atoms with van der Waals surface area (Å²) in [6, 6.07) is 3.54. The van der Waals surface area contributed by atoms with Gasteiger partial charge in [0.15, 0.2) is 0 Å². The largest absolute Gasteiger partial charge is 0.391 e. The Bertz CT molecular complexity index is 443. The number of thiophene rings is 1. The Labute approximate surface area is 116 Å². The molecule has 6 heteroatoms. The summed E-state index contributed by atoms with van der Waals surface area (Å²) in [6.07, 6.45) is 1.61. The van der Waals surface area contributed by atoms with Crippen molar-refractivity contribution in [3.63, 3.8) is 0 Å². The van der Waals surface area contributed by atoms with Crippen molar-refractivity contribution in [2.24, 2.45) is 5.92 Å². The van der Waals surface area contributed by atoms with Gasteiger partial charge in [0.05, 0.1) is 17.5 Å². The Morgan fingerprint density at radius 1 is 1.58 bits per heavy atom. The molecule has 104 valence electrons. The third-order valence-electron chi connectivity index (χ3n) is 3.13. The molecule has 1 aromatic heterocycles. The number of amides is 2. The molecule has 2 N–H and O–H groups in total. The highest BCUT2D eigenvalue weighted by atomic mass is 32.1. The maximum absolute atomic E-state index is 11.9. The predicted octanol–water partition coefficient (Wildman–Crippen LogP) is 0.707. The third-order valence-corrected chi connectivity index (χ3v) is 3.99. The first-order valence-corrected chi connectivity index (χ1v) is 7.19. The van der Waals surface area contributed by atoms with Gasteiger partial charge < -0.3 is 15.3 Å². The molecule has 0 bridgehead atoms. The molecule has 5 nitrogen and oxygen atoms in total. The lowest BCUT2D eigenvalue weighted by atomic mass is 10.2. The molecule has 1 unspecified atom stereocenters. The molecule has 0 saturated heterocycles. The van der Waals surface area contributed by atoms with Crippen LogP contribution in [-0.2, 0) is 4.79 Å². The molecule has 1 aromatic rings. The summed E-state index contributed by atoms with van der Waals surface area (Å²) in [5, 5.41) is 14.1. The molecule has 1 fully saturated rings. The van der Waals surface area contributed by atoms with E-state index in [2.05, 4.69) is 5.32 Å². The Balaban J connectivity index is 1.73. The first-order valence-electron chi connectivity index (χ1n) is 6.31. The maximum atomic E-state index is 11.9. The number of hydrogen-bond acceptors (Lipinski definition) is 4. The minimum absolute atomic E-state index is 0.00806. The molecule has 1 saturated carbocycles. The molecular weight excluding hydrogens is 264 g/mol. The summed E-state index contributed by atoms with van der Waals surface area (Å²) in [6.45, 7) is 0.276. The molecule has 0 aliphatic heterocycles. The van der Waals surface area contributed by atoms with Gasteiger partial charge in [0, 0.05) is 13.6 Å². The third kappa shape index (κ3) is 4.04. The van der Waals surface area contributed by atoms with Crippen LogP contribution in [0.3, 0.4) is 0 Å². The predicted molar refractivity (Wildman–Crippen MR) is 73.0 cm³/mol. The van der Waals surface area contributed by atoms with E-state index < -0.39 is 6.10 Å². The van der Waals surface area contributed by atoms with Gasteiger partial charge in [0.25, 0.3) is 5.91 Å². The van der Waals surface area contributed by atoms with Crippen LogP contribution in [0.2, 0.25) is 0 Å². The van der Waals surface area contributed by atoms with Crippen LogP contribution < -0.4 is 5.32 Å². The van der Waals surface area contributed by atoms with Gasteiger partial charge in [-0.25, -0.2) is 0 Å². The van der Waals surface area contributed by atoms with Gasteiger partial charge in [-0.3, -0.25) is 9.59 Å². The van der Waals surface area contributed by atoms with Crippen molar-refractivity contribution in [2.45, 2.75) is 18.9 Å². The summed E-state index contributed by atoms with van der Waals surface area (Å²) in [7, 11) is 1.60. The van der Waals surface area contributed by atoms with E-state index in [1.807, 2.05) is 5.38 Å². The van der Waals surface area contributed by atoms with Gasteiger partial charge in [-0.05, 0) is 30.2 Å². The van der Waals surface area contributed by atoms with Crippen LogP contribution in [-0.4, -0.2) is 48.1 Å². The Morgan fingerprint density at radius 3 is 2.89 bits per heavy atom. The lowest BCUT2D eigenvalue weighted by molar-refractivity contribution is -0.122. The molecule has 0 radical (unpaired) electrons. The van der Waals surface area contributed by atoms with E-state index in [4.69, 9.17) is 0 Å². The molecule has 1 atom stereocenters. The standard InChI is InChI=1S/C13H18N2O3S/c1-15(13(18)11-3-2-6-19-11)8-12(17)14-7-10(16)9-4-5-9/h2-3,6,9-10,16H,4-5,7-8H2,1H3,(H,14,17). The number of likely N-dealkylation sites (N-methyl/N-ethyl adjacent to an activating group) is 1. The number of nitrogens with zero attached hydrogens (tertiary/aromatic N) is 1. The van der Waals surface area contributed by atoms with Gasteiger partial charge >= 0.3 is 0 Å². The SMILES string of the molecule is CN(CC(=O)NCC(O)C1CC1)C(=O)c1cccs1. The first kappa shape index (κ1) is 14.0. The normalized spacial score (nSPS) is 15.9.